The highest BCUT2D eigenvalue weighted by molar-refractivity contribution is 5.88. The van der Waals surface area contributed by atoms with Crippen LogP contribution in [0.2, 0.25) is 0 Å². The fraction of sp³-hybridized carbons (Fsp3) is 0.429. The van der Waals surface area contributed by atoms with E-state index in [1.807, 2.05) is 0 Å². The Morgan fingerprint density at radius 3 is 2.77 bits per heavy atom. The normalized spacial score (nSPS) is 18.6. The van der Waals surface area contributed by atoms with Gasteiger partial charge in [-0.2, -0.15) is 0 Å². The topological polar surface area (TPSA) is 125 Å². The van der Waals surface area contributed by atoms with Crippen LogP contribution in [-0.2, 0) is 20.7 Å². The van der Waals surface area contributed by atoms with Crippen LogP contribution in [0.15, 0.2) is 24.3 Å². The molecular weight excluding hydrogens is 290 g/mol. The van der Waals surface area contributed by atoms with Crippen molar-refractivity contribution < 1.29 is 19.2 Å². The van der Waals surface area contributed by atoms with Crippen LogP contribution >= 0.6 is 0 Å². The van der Waals surface area contributed by atoms with Crippen LogP contribution in [0.4, 0.5) is 5.69 Å². The standard InChI is InChI=1S/C14H17N3O5/c15-13(18)11(16-14(19)10-5-6-22-8-10)7-9-3-1-2-4-12(9)17(20)21/h1-4,10-11H,5-8H2,(H2,15,18)(H,16,19)/t10-,11-/m0/s1. The molecule has 0 aromatic heterocycles. The third-order valence-corrected chi connectivity index (χ3v) is 3.57. The van der Waals surface area contributed by atoms with Gasteiger partial charge < -0.3 is 15.8 Å². The molecule has 1 saturated heterocycles. The molecule has 1 heterocycles. The molecule has 3 N–H and O–H groups in total. The quantitative estimate of drug-likeness (QED) is 0.571. The Labute approximate surface area is 126 Å². The summed E-state index contributed by atoms with van der Waals surface area (Å²) in [6, 6.07) is 5.07. The maximum Gasteiger partial charge on any atom is 0.272 e. The van der Waals surface area contributed by atoms with Gasteiger partial charge in [0, 0.05) is 24.7 Å². The monoisotopic (exact) mass is 307 g/mol. The number of amides is 2. The number of carbonyl (C=O) groups is 2. The summed E-state index contributed by atoms with van der Waals surface area (Å²) in [6.45, 7) is 0.812. The summed E-state index contributed by atoms with van der Waals surface area (Å²) in [5.41, 5.74) is 5.55. The van der Waals surface area contributed by atoms with Crippen LogP contribution in [0, 0.1) is 16.0 Å². The van der Waals surface area contributed by atoms with Crippen molar-refractivity contribution in [2.45, 2.75) is 18.9 Å². The average molecular weight is 307 g/mol. The van der Waals surface area contributed by atoms with Crippen LogP contribution in [0.3, 0.4) is 0 Å². The van der Waals surface area contributed by atoms with Crippen LogP contribution in [-0.4, -0.2) is 36.0 Å². The molecule has 8 nitrogen and oxygen atoms in total. The molecule has 0 unspecified atom stereocenters. The molecule has 8 heteroatoms. The Morgan fingerprint density at radius 2 is 2.18 bits per heavy atom. The number of rotatable bonds is 6. The van der Waals surface area contributed by atoms with Crippen molar-refractivity contribution in [2.75, 3.05) is 13.2 Å². The first-order valence-electron chi connectivity index (χ1n) is 6.88. The van der Waals surface area contributed by atoms with Gasteiger partial charge in [0.05, 0.1) is 17.4 Å². The number of nitrogens with one attached hydrogen (secondary N) is 1. The number of hydrogen-bond donors (Lipinski definition) is 2. The second-order valence-electron chi connectivity index (χ2n) is 5.11. The highest BCUT2D eigenvalue weighted by atomic mass is 16.6. The van der Waals surface area contributed by atoms with E-state index in [4.69, 9.17) is 10.5 Å². The van der Waals surface area contributed by atoms with E-state index in [1.54, 1.807) is 12.1 Å². The zero-order valence-corrected chi connectivity index (χ0v) is 11.9. The van der Waals surface area contributed by atoms with E-state index in [2.05, 4.69) is 5.32 Å². The van der Waals surface area contributed by atoms with Crippen molar-refractivity contribution in [1.82, 2.24) is 5.32 Å². The number of nitrogens with zero attached hydrogens (tertiary/aromatic N) is 1. The van der Waals surface area contributed by atoms with Gasteiger partial charge in [-0.05, 0) is 6.42 Å². The summed E-state index contributed by atoms with van der Waals surface area (Å²) in [5, 5.41) is 13.5. The minimum atomic E-state index is -0.991. The summed E-state index contributed by atoms with van der Waals surface area (Å²) >= 11 is 0. The molecule has 0 spiro atoms. The zero-order chi connectivity index (χ0) is 16.1. The van der Waals surface area contributed by atoms with Crippen LogP contribution in [0.25, 0.3) is 0 Å². The number of primary amides is 1. The Bertz CT molecular complexity index is 584. The van der Waals surface area contributed by atoms with E-state index >= 15 is 0 Å². The van der Waals surface area contributed by atoms with Crippen LogP contribution < -0.4 is 11.1 Å². The lowest BCUT2D eigenvalue weighted by atomic mass is 10.0. The van der Waals surface area contributed by atoms with Crippen molar-refractivity contribution in [2.24, 2.45) is 11.7 Å². The van der Waals surface area contributed by atoms with Gasteiger partial charge >= 0.3 is 0 Å². The minimum absolute atomic E-state index is 0.0220. The molecule has 22 heavy (non-hydrogen) atoms. The number of nitro groups is 1. The molecule has 0 saturated carbocycles. The zero-order valence-electron chi connectivity index (χ0n) is 11.9. The van der Waals surface area contributed by atoms with Gasteiger partial charge in [0.2, 0.25) is 11.8 Å². The molecule has 2 rings (SSSR count). The summed E-state index contributed by atoms with van der Waals surface area (Å²) in [7, 11) is 0. The Hall–Kier alpha value is -2.48. The summed E-state index contributed by atoms with van der Waals surface area (Å²) in [6.07, 6.45) is 0.564. The summed E-state index contributed by atoms with van der Waals surface area (Å²) in [5.74, 6) is -1.36. The number of hydrogen-bond acceptors (Lipinski definition) is 5. The molecule has 1 fully saturated rings. The van der Waals surface area contributed by atoms with Gasteiger partial charge in [0.15, 0.2) is 0 Å². The molecule has 118 valence electrons. The lowest BCUT2D eigenvalue weighted by Gasteiger charge is -2.17. The Kier molecular flexibility index (Phi) is 5.05. The second-order valence-corrected chi connectivity index (χ2v) is 5.11. The smallest absolute Gasteiger partial charge is 0.272 e. The van der Waals surface area contributed by atoms with Crippen molar-refractivity contribution >= 4 is 17.5 Å². The second kappa shape index (κ2) is 6.99. The highest BCUT2D eigenvalue weighted by Gasteiger charge is 2.28. The molecular formula is C14H17N3O5. The molecule has 0 bridgehead atoms. The number of para-hydroxylation sites is 1. The number of nitro benzene ring substituents is 1. The molecule has 1 aliphatic heterocycles. The maximum atomic E-state index is 12.0. The number of ether oxygens (including phenoxy) is 1. The van der Waals surface area contributed by atoms with E-state index < -0.39 is 16.9 Å². The number of benzene rings is 1. The predicted molar refractivity (Wildman–Crippen MR) is 76.9 cm³/mol. The molecule has 0 radical (unpaired) electrons. The maximum absolute atomic E-state index is 12.0. The van der Waals surface area contributed by atoms with Gasteiger partial charge in [0.25, 0.3) is 5.69 Å². The van der Waals surface area contributed by atoms with E-state index in [9.17, 15) is 19.7 Å². The number of carbonyl (C=O) groups excluding carboxylic acids is 2. The SMILES string of the molecule is NC(=O)[C@H](Cc1ccccc1[N+](=O)[O-])NC(=O)[C@H]1CCOC1. The minimum Gasteiger partial charge on any atom is -0.381 e. The fourth-order valence-electron chi connectivity index (χ4n) is 2.34. The lowest BCUT2D eigenvalue weighted by molar-refractivity contribution is -0.385. The molecule has 1 aliphatic rings. The van der Waals surface area contributed by atoms with E-state index in [0.29, 0.717) is 25.2 Å². The molecule has 2 atom stereocenters. The summed E-state index contributed by atoms with van der Waals surface area (Å²) in [4.78, 5) is 34.0. The first-order chi connectivity index (χ1) is 10.5. The van der Waals surface area contributed by atoms with Gasteiger partial charge in [0.1, 0.15) is 6.04 Å². The van der Waals surface area contributed by atoms with Crippen LogP contribution in [0.5, 0.6) is 0 Å². The van der Waals surface area contributed by atoms with Crippen molar-refractivity contribution in [3.8, 4) is 0 Å². The summed E-state index contributed by atoms with van der Waals surface area (Å²) < 4.78 is 5.12. The van der Waals surface area contributed by atoms with Crippen LogP contribution in [0.1, 0.15) is 12.0 Å². The van der Waals surface area contributed by atoms with Crippen molar-refractivity contribution in [3.63, 3.8) is 0 Å². The third kappa shape index (κ3) is 3.79. The van der Waals surface area contributed by atoms with Gasteiger partial charge in [-0.25, -0.2) is 0 Å². The van der Waals surface area contributed by atoms with E-state index in [1.165, 1.54) is 12.1 Å². The van der Waals surface area contributed by atoms with Crippen molar-refractivity contribution in [1.29, 1.82) is 0 Å². The Balaban J connectivity index is 2.10. The average Bonchev–Trinajstić information content (AvgIpc) is 3.01. The molecule has 0 aliphatic carbocycles. The van der Waals surface area contributed by atoms with E-state index in [0.717, 1.165) is 0 Å². The third-order valence-electron chi connectivity index (χ3n) is 3.57. The molecule has 1 aromatic rings. The molecule has 2 amide bonds. The first kappa shape index (κ1) is 15.9. The largest absolute Gasteiger partial charge is 0.381 e. The van der Waals surface area contributed by atoms with E-state index in [-0.39, 0.29) is 23.9 Å². The Morgan fingerprint density at radius 1 is 1.45 bits per heavy atom. The lowest BCUT2D eigenvalue weighted by Crippen LogP contribution is -2.48. The first-order valence-corrected chi connectivity index (χ1v) is 6.88. The predicted octanol–water partition coefficient (Wildman–Crippen LogP) is 0.144. The van der Waals surface area contributed by atoms with Crippen molar-refractivity contribution in [3.05, 3.63) is 39.9 Å². The van der Waals surface area contributed by atoms with Gasteiger partial charge in [-0.3, -0.25) is 19.7 Å². The van der Waals surface area contributed by atoms with Gasteiger partial charge in [-0.15, -0.1) is 0 Å². The fourth-order valence-corrected chi connectivity index (χ4v) is 2.34. The highest BCUT2D eigenvalue weighted by Crippen LogP contribution is 2.20. The molecule has 1 aromatic carbocycles. The number of nitrogens with two attached hydrogens (primary N) is 1. The van der Waals surface area contributed by atoms with Gasteiger partial charge in [-0.1, -0.05) is 18.2 Å².